The number of amides is 1. The Kier molecular flexibility index (Phi) is 41.2. The molecule has 6 heteroatoms. The van der Waals surface area contributed by atoms with Gasteiger partial charge in [-0.25, -0.2) is 0 Å². The van der Waals surface area contributed by atoms with Crippen LogP contribution in [0.15, 0.2) is 12.2 Å². The van der Waals surface area contributed by atoms with Crippen LogP contribution in [0.3, 0.4) is 0 Å². The van der Waals surface area contributed by atoms with Gasteiger partial charge in [0.1, 0.15) is 0 Å². The van der Waals surface area contributed by atoms with E-state index in [0.29, 0.717) is 19.4 Å². The highest BCUT2D eigenvalue weighted by Crippen LogP contribution is 2.15. The largest absolute Gasteiger partial charge is 0.466 e. The Morgan fingerprint density at radius 1 is 0.519 bits per heavy atom. The first-order valence-corrected chi connectivity index (χ1v) is 23.0. The maximum Gasteiger partial charge on any atom is 0.305 e. The van der Waals surface area contributed by atoms with Crippen LogP contribution in [0.4, 0.5) is 0 Å². The van der Waals surface area contributed by atoms with Crippen LogP contribution >= 0.6 is 0 Å². The highest BCUT2D eigenvalue weighted by atomic mass is 16.5. The van der Waals surface area contributed by atoms with E-state index in [1.165, 1.54) is 161 Å². The maximum absolute atomic E-state index is 12.4. The second-order valence-electron chi connectivity index (χ2n) is 15.7. The molecule has 0 rings (SSSR count). The third kappa shape index (κ3) is 38.3. The molecule has 6 nitrogen and oxygen atoms in total. The first kappa shape index (κ1) is 50.6. The van der Waals surface area contributed by atoms with Gasteiger partial charge in [-0.05, 0) is 32.1 Å². The molecule has 0 aliphatic carbocycles. The van der Waals surface area contributed by atoms with E-state index in [2.05, 4.69) is 19.2 Å². The number of ether oxygens (including phenoxy) is 1. The lowest BCUT2D eigenvalue weighted by molar-refractivity contribution is -0.143. The second-order valence-corrected chi connectivity index (χ2v) is 15.7. The van der Waals surface area contributed by atoms with Gasteiger partial charge in [-0.15, -0.1) is 0 Å². The van der Waals surface area contributed by atoms with Crippen molar-refractivity contribution in [1.82, 2.24) is 5.32 Å². The van der Waals surface area contributed by atoms with Gasteiger partial charge in [-0.1, -0.05) is 212 Å². The quantitative estimate of drug-likeness (QED) is 0.0329. The average molecular weight is 736 g/mol. The van der Waals surface area contributed by atoms with Crippen molar-refractivity contribution in [3.8, 4) is 0 Å². The Hall–Kier alpha value is -1.40. The number of hydrogen-bond donors (Lipinski definition) is 3. The fourth-order valence-corrected chi connectivity index (χ4v) is 6.98. The highest BCUT2D eigenvalue weighted by Gasteiger charge is 2.18. The van der Waals surface area contributed by atoms with E-state index < -0.39 is 12.1 Å². The number of carbonyl (C=O) groups is 2. The summed E-state index contributed by atoms with van der Waals surface area (Å²) >= 11 is 0. The Morgan fingerprint density at radius 2 is 0.885 bits per heavy atom. The van der Waals surface area contributed by atoms with Gasteiger partial charge in [0.2, 0.25) is 5.91 Å². The van der Waals surface area contributed by atoms with Crippen LogP contribution < -0.4 is 5.32 Å². The van der Waals surface area contributed by atoms with Gasteiger partial charge in [0.25, 0.3) is 0 Å². The van der Waals surface area contributed by atoms with Crippen molar-refractivity contribution >= 4 is 11.9 Å². The lowest BCUT2D eigenvalue weighted by Gasteiger charge is -2.20. The second kappa shape index (κ2) is 42.3. The maximum atomic E-state index is 12.4. The smallest absolute Gasteiger partial charge is 0.305 e. The molecule has 0 saturated heterocycles. The Labute approximate surface area is 323 Å². The minimum absolute atomic E-state index is 0.0251. The lowest BCUT2D eigenvalue weighted by atomic mass is 10.0. The summed E-state index contributed by atoms with van der Waals surface area (Å²) in [4.78, 5) is 24.4. The molecular weight excluding hydrogens is 647 g/mol. The summed E-state index contributed by atoms with van der Waals surface area (Å²) in [7, 11) is 0. The molecule has 2 unspecified atom stereocenters. The Morgan fingerprint density at radius 3 is 1.31 bits per heavy atom. The van der Waals surface area contributed by atoms with Crippen LogP contribution in [0.2, 0.25) is 0 Å². The van der Waals surface area contributed by atoms with Crippen LogP contribution in [0.5, 0.6) is 0 Å². The Balaban J connectivity index is 3.50. The lowest BCUT2D eigenvalue weighted by Crippen LogP contribution is -2.45. The summed E-state index contributed by atoms with van der Waals surface area (Å²) in [5.74, 6) is -0.121. The van der Waals surface area contributed by atoms with Gasteiger partial charge in [-0.2, -0.15) is 0 Å². The zero-order valence-corrected chi connectivity index (χ0v) is 34.8. The molecule has 0 bridgehead atoms. The van der Waals surface area contributed by atoms with Crippen molar-refractivity contribution in [3.05, 3.63) is 12.2 Å². The number of unbranched alkanes of at least 4 members (excludes halogenated alkanes) is 31. The first-order valence-electron chi connectivity index (χ1n) is 23.0. The number of hydrogen-bond acceptors (Lipinski definition) is 5. The molecule has 0 aliphatic heterocycles. The van der Waals surface area contributed by atoms with Gasteiger partial charge >= 0.3 is 5.97 Å². The number of allylic oxidation sites excluding steroid dienone is 1. The first-order chi connectivity index (χ1) is 25.5. The van der Waals surface area contributed by atoms with Gasteiger partial charge < -0.3 is 20.3 Å². The molecule has 0 saturated carbocycles. The van der Waals surface area contributed by atoms with E-state index in [1.807, 2.05) is 6.08 Å². The van der Waals surface area contributed by atoms with Gasteiger partial charge in [0.05, 0.1) is 25.4 Å². The van der Waals surface area contributed by atoms with Crippen LogP contribution in [-0.2, 0) is 14.3 Å². The molecule has 0 aromatic carbocycles. The SMILES string of the molecule is CCCCCCCCCCC/C=C/C(O)C(CO)NC(=O)CCCCCCCCCCCOC(=O)CCCCCCCCCCCCCCCCC. The van der Waals surface area contributed by atoms with E-state index in [-0.39, 0.29) is 18.5 Å². The molecule has 0 spiro atoms. The van der Waals surface area contributed by atoms with Gasteiger partial charge in [-0.3, -0.25) is 9.59 Å². The third-order valence-electron chi connectivity index (χ3n) is 10.6. The van der Waals surface area contributed by atoms with Crippen molar-refractivity contribution in [2.75, 3.05) is 13.2 Å². The topological polar surface area (TPSA) is 95.9 Å². The normalized spacial score (nSPS) is 12.8. The summed E-state index contributed by atoms with van der Waals surface area (Å²) in [6.45, 7) is 4.82. The fraction of sp³-hybridized carbons (Fsp3) is 0.913. The fourth-order valence-electron chi connectivity index (χ4n) is 6.98. The summed E-state index contributed by atoms with van der Waals surface area (Å²) in [5, 5.41) is 22.9. The molecule has 0 fully saturated rings. The van der Waals surface area contributed by atoms with E-state index in [4.69, 9.17) is 4.74 Å². The molecule has 0 aromatic heterocycles. The van der Waals surface area contributed by atoms with Crippen molar-refractivity contribution in [1.29, 1.82) is 0 Å². The summed E-state index contributed by atoms with van der Waals surface area (Å²) < 4.78 is 5.44. The Bertz CT molecular complexity index is 772. The summed E-state index contributed by atoms with van der Waals surface area (Å²) in [6.07, 6.45) is 46.2. The molecule has 0 radical (unpaired) electrons. The van der Waals surface area contributed by atoms with Crippen molar-refractivity contribution in [2.24, 2.45) is 0 Å². The van der Waals surface area contributed by atoms with Crippen molar-refractivity contribution < 1.29 is 24.5 Å². The molecule has 0 heterocycles. The number of esters is 1. The minimum atomic E-state index is -0.858. The minimum Gasteiger partial charge on any atom is -0.466 e. The van der Waals surface area contributed by atoms with E-state index in [1.54, 1.807) is 6.08 Å². The number of nitrogens with one attached hydrogen (secondary N) is 1. The molecule has 52 heavy (non-hydrogen) atoms. The number of carbonyl (C=O) groups excluding carboxylic acids is 2. The zero-order chi connectivity index (χ0) is 38.0. The van der Waals surface area contributed by atoms with E-state index in [9.17, 15) is 19.8 Å². The number of rotatable bonds is 42. The van der Waals surface area contributed by atoms with Crippen LogP contribution in [0.1, 0.15) is 245 Å². The van der Waals surface area contributed by atoms with Crippen molar-refractivity contribution in [3.63, 3.8) is 0 Å². The molecule has 2 atom stereocenters. The molecule has 0 aliphatic rings. The van der Waals surface area contributed by atoms with Gasteiger partial charge in [0.15, 0.2) is 0 Å². The van der Waals surface area contributed by atoms with E-state index in [0.717, 1.165) is 57.8 Å². The van der Waals surface area contributed by atoms with Crippen LogP contribution in [-0.4, -0.2) is 47.4 Å². The van der Waals surface area contributed by atoms with Crippen molar-refractivity contribution in [2.45, 2.75) is 257 Å². The predicted octanol–water partition coefficient (Wildman–Crippen LogP) is 13.0. The van der Waals surface area contributed by atoms with Crippen LogP contribution in [0, 0.1) is 0 Å². The monoisotopic (exact) mass is 736 g/mol. The number of aliphatic hydroxyl groups excluding tert-OH is 2. The standard InChI is InChI=1S/C46H89NO5/c1-3-5-7-9-11-13-15-16-17-18-20-24-28-32-36-40-46(51)52-41-37-33-29-25-21-23-27-31-35-39-45(50)47-43(42-48)44(49)38-34-30-26-22-19-14-12-10-8-6-4-2/h34,38,43-44,48-49H,3-33,35-37,39-42H2,1-2H3,(H,47,50)/b38-34+. The number of aliphatic hydroxyl groups is 2. The molecule has 0 aromatic rings. The molecule has 308 valence electrons. The molecule has 3 N–H and O–H groups in total. The average Bonchev–Trinajstić information content (AvgIpc) is 3.14. The zero-order valence-electron chi connectivity index (χ0n) is 34.8. The molecular formula is C46H89NO5. The van der Waals surface area contributed by atoms with E-state index >= 15 is 0 Å². The van der Waals surface area contributed by atoms with Gasteiger partial charge in [0, 0.05) is 12.8 Å². The highest BCUT2D eigenvalue weighted by molar-refractivity contribution is 5.76. The predicted molar refractivity (Wildman–Crippen MR) is 223 cm³/mol. The molecule has 1 amide bonds. The summed E-state index contributed by atoms with van der Waals surface area (Å²) in [6, 6.07) is -0.644. The van der Waals surface area contributed by atoms with Crippen LogP contribution in [0.25, 0.3) is 0 Å². The summed E-state index contributed by atoms with van der Waals surface area (Å²) in [5.41, 5.74) is 0. The third-order valence-corrected chi connectivity index (χ3v) is 10.6.